The highest BCUT2D eigenvalue weighted by molar-refractivity contribution is 6.16. The minimum absolute atomic E-state index is 0.158. The van der Waals surface area contributed by atoms with Crippen LogP contribution in [0.3, 0.4) is 0 Å². The average molecular weight is 245 g/mol. The van der Waals surface area contributed by atoms with E-state index in [1.165, 1.54) is 6.08 Å². The number of aryl methyl sites for hydroxylation is 2. The van der Waals surface area contributed by atoms with Crippen LogP contribution in [0.5, 0.6) is 0 Å². The predicted octanol–water partition coefficient (Wildman–Crippen LogP) is 1.40. The third-order valence-electron chi connectivity index (χ3n) is 2.98. The third-order valence-corrected chi connectivity index (χ3v) is 2.98. The Hall–Kier alpha value is -1.94. The molecule has 0 fully saturated rings. The summed E-state index contributed by atoms with van der Waals surface area (Å²) in [6.07, 6.45) is 1.28. The van der Waals surface area contributed by atoms with E-state index in [1.54, 1.807) is 0 Å². The lowest BCUT2D eigenvalue weighted by Gasteiger charge is -2.10. The Labute approximate surface area is 106 Å². The fourth-order valence-electron chi connectivity index (χ4n) is 1.90. The molecule has 1 N–H and O–H groups in total. The van der Waals surface area contributed by atoms with Gasteiger partial charge >= 0.3 is 0 Å². The second-order valence-electron chi connectivity index (χ2n) is 4.35. The normalized spacial score (nSPS) is 14.7. The molecule has 0 saturated carbocycles. The molecule has 1 aliphatic rings. The molecule has 0 aliphatic carbocycles. The molecule has 94 valence electrons. The van der Waals surface area contributed by atoms with Crippen molar-refractivity contribution in [3.8, 4) is 0 Å². The highest BCUT2D eigenvalue weighted by atomic mass is 16.5. The molecule has 0 unspecified atom stereocenters. The molecule has 0 bridgehead atoms. The van der Waals surface area contributed by atoms with E-state index in [1.807, 2.05) is 32.0 Å². The van der Waals surface area contributed by atoms with Gasteiger partial charge in [-0.1, -0.05) is 18.2 Å². The summed E-state index contributed by atoms with van der Waals surface area (Å²) in [5, 5.41) is 2.19. The van der Waals surface area contributed by atoms with Crippen LogP contribution in [0.1, 0.15) is 16.7 Å². The van der Waals surface area contributed by atoms with Gasteiger partial charge in [0.1, 0.15) is 0 Å². The van der Waals surface area contributed by atoms with Crippen molar-refractivity contribution in [3.05, 3.63) is 46.5 Å². The van der Waals surface area contributed by atoms with Crippen LogP contribution in [0.25, 0.3) is 0 Å². The Balaban J connectivity index is 1.95. The van der Waals surface area contributed by atoms with Crippen molar-refractivity contribution < 1.29 is 14.3 Å². The van der Waals surface area contributed by atoms with Crippen molar-refractivity contribution in [2.45, 2.75) is 20.5 Å². The molecule has 1 heterocycles. The van der Waals surface area contributed by atoms with Gasteiger partial charge in [-0.15, -0.1) is 0 Å². The first-order chi connectivity index (χ1) is 8.58. The van der Waals surface area contributed by atoms with Crippen LogP contribution in [0, 0.1) is 13.8 Å². The van der Waals surface area contributed by atoms with Gasteiger partial charge in [0.15, 0.2) is 0 Å². The Morgan fingerprint density at radius 2 is 1.78 bits per heavy atom. The van der Waals surface area contributed by atoms with Crippen LogP contribution in [0.15, 0.2) is 29.8 Å². The molecule has 18 heavy (non-hydrogen) atoms. The number of imide groups is 1. The molecule has 4 nitrogen and oxygen atoms in total. The monoisotopic (exact) mass is 245 g/mol. The van der Waals surface area contributed by atoms with Gasteiger partial charge in [0.05, 0.1) is 13.2 Å². The minimum Gasteiger partial charge on any atom is -0.372 e. The fourth-order valence-corrected chi connectivity index (χ4v) is 1.90. The second-order valence-corrected chi connectivity index (χ2v) is 4.35. The molecule has 1 aromatic rings. The Bertz CT molecular complexity index is 512. The molecule has 1 aliphatic heterocycles. The standard InChI is InChI=1S/C14H15NO3/c1-9-4-3-5-10(2)12(9)8-18-7-11-6-13(16)15-14(11)17/h3-6H,7-8H2,1-2H3,(H,15,16,17). The van der Waals surface area contributed by atoms with Gasteiger partial charge < -0.3 is 4.74 Å². The molecule has 0 radical (unpaired) electrons. The number of rotatable bonds is 4. The van der Waals surface area contributed by atoms with Crippen LogP contribution in [-0.4, -0.2) is 18.4 Å². The highest BCUT2D eigenvalue weighted by Gasteiger charge is 2.20. The zero-order chi connectivity index (χ0) is 13.1. The van der Waals surface area contributed by atoms with E-state index < -0.39 is 0 Å². The Kier molecular flexibility index (Phi) is 3.58. The Morgan fingerprint density at radius 1 is 1.11 bits per heavy atom. The van der Waals surface area contributed by atoms with Crippen molar-refractivity contribution in [3.63, 3.8) is 0 Å². The summed E-state index contributed by atoms with van der Waals surface area (Å²) in [7, 11) is 0. The molecule has 0 saturated heterocycles. The van der Waals surface area contributed by atoms with E-state index in [-0.39, 0.29) is 18.4 Å². The summed E-state index contributed by atoms with van der Waals surface area (Å²) in [5.41, 5.74) is 3.83. The lowest BCUT2D eigenvalue weighted by molar-refractivity contribution is -0.124. The SMILES string of the molecule is Cc1cccc(C)c1COCC1=CC(=O)NC1=O. The number of amides is 2. The lowest BCUT2D eigenvalue weighted by atomic mass is 10.0. The van der Waals surface area contributed by atoms with E-state index in [4.69, 9.17) is 4.74 Å². The molecular weight excluding hydrogens is 230 g/mol. The average Bonchev–Trinajstić information content (AvgIpc) is 2.62. The van der Waals surface area contributed by atoms with Crippen LogP contribution in [-0.2, 0) is 20.9 Å². The summed E-state index contributed by atoms with van der Waals surface area (Å²) in [4.78, 5) is 22.2. The molecular formula is C14H15NO3. The van der Waals surface area contributed by atoms with Crippen LogP contribution in [0.4, 0.5) is 0 Å². The molecule has 0 spiro atoms. The van der Waals surface area contributed by atoms with Gasteiger partial charge in [0, 0.05) is 11.6 Å². The third kappa shape index (κ3) is 2.65. The lowest BCUT2D eigenvalue weighted by Crippen LogP contribution is -2.23. The van der Waals surface area contributed by atoms with Gasteiger partial charge in [-0.05, 0) is 30.5 Å². The van der Waals surface area contributed by atoms with Crippen molar-refractivity contribution in [1.82, 2.24) is 5.32 Å². The highest BCUT2D eigenvalue weighted by Crippen LogP contribution is 2.15. The smallest absolute Gasteiger partial charge is 0.256 e. The van der Waals surface area contributed by atoms with E-state index in [9.17, 15) is 9.59 Å². The molecule has 0 atom stereocenters. The van der Waals surface area contributed by atoms with Crippen LogP contribution >= 0.6 is 0 Å². The topological polar surface area (TPSA) is 55.4 Å². The number of carbonyl (C=O) groups excluding carboxylic acids is 2. The first-order valence-corrected chi connectivity index (χ1v) is 5.76. The first-order valence-electron chi connectivity index (χ1n) is 5.76. The molecule has 2 rings (SSSR count). The fraction of sp³-hybridized carbons (Fsp3) is 0.286. The maximum atomic E-state index is 11.3. The largest absolute Gasteiger partial charge is 0.372 e. The van der Waals surface area contributed by atoms with E-state index >= 15 is 0 Å². The van der Waals surface area contributed by atoms with Crippen LogP contribution in [0.2, 0.25) is 0 Å². The van der Waals surface area contributed by atoms with E-state index in [0.29, 0.717) is 12.2 Å². The maximum absolute atomic E-state index is 11.3. The summed E-state index contributed by atoms with van der Waals surface area (Å²) in [5.74, 6) is -0.729. The molecule has 0 aromatic heterocycles. The number of benzene rings is 1. The summed E-state index contributed by atoms with van der Waals surface area (Å²) >= 11 is 0. The number of carbonyl (C=O) groups is 2. The molecule has 1 aromatic carbocycles. The molecule has 2 amide bonds. The van der Waals surface area contributed by atoms with Gasteiger partial charge in [0.25, 0.3) is 11.8 Å². The summed E-state index contributed by atoms with van der Waals surface area (Å²) in [6, 6.07) is 6.05. The van der Waals surface area contributed by atoms with Crippen molar-refractivity contribution in [2.75, 3.05) is 6.61 Å². The number of ether oxygens (including phenoxy) is 1. The first kappa shape index (κ1) is 12.5. The van der Waals surface area contributed by atoms with Gasteiger partial charge in [-0.25, -0.2) is 0 Å². The van der Waals surface area contributed by atoms with Gasteiger partial charge in [-0.3, -0.25) is 14.9 Å². The second kappa shape index (κ2) is 5.14. The zero-order valence-electron chi connectivity index (χ0n) is 10.4. The van der Waals surface area contributed by atoms with Crippen molar-refractivity contribution in [2.24, 2.45) is 0 Å². The molecule has 4 heteroatoms. The quantitative estimate of drug-likeness (QED) is 0.816. The minimum atomic E-state index is -0.370. The summed E-state index contributed by atoms with van der Waals surface area (Å²) < 4.78 is 5.50. The number of nitrogens with one attached hydrogen (secondary N) is 1. The van der Waals surface area contributed by atoms with Crippen molar-refractivity contribution >= 4 is 11.8 Å². The zero-order valence-corrected chi connectivity index (χ0v) is 10.4. The Morgan fingerprint density at radius 3 is 2.33 bits per heavy atom. The van der Waals surface area contributed by atoms with Gasteiger partial charge in [0.2, 0.25) is 0 Å². The summed E-state index contributed by atoms with van der Waals surface area (Å²) in [6.45, 7) is 4.65. The van der Waals surface area contributed by atoms with Gasteiger partial charge in [-0.2, -0.15) is 0 Å². The van der Waals surface area contributed by atoms with Crippen molar-refractivity contribution in [1.29, 1.82) is 0 Å². The maximum Gasteiger partial charge on any atom is 0.256 e. The predicted molar refractivity (Wildman–Crippen MR) is 66.8 cm³/mol. The van der Waals surface area contributed by atoms with Crippen LogP contribution < -0.4 is 5.32 Å². The number of hydrogen-bond acceptors (Lipinski definition) is 3. The van der Waals surface area contributed by atoms with E-state index in [0.717, 1.165) is 16.7 Å². The van der Waals surface area contributed by atoms with E-state index in [2.05, 4.69) is 5.32 Å². The number of hydrogen-bond donors (Lipinski definition) is 1.